The largest absolute Gasteiger partial charge is 0.383 e. The minimum Gasteiger partial charge on any atom is -0.383 e. The van der Waals surface area contributed by atoms with Crippen molar-refractivity contribution in [3.63, 3.8) is 0 Å². The summed E-state index contributed by atoms with van der Waals surface area (Å²) in [7, 11) is 0. The van der Waals surface area contributed by atoms with Crippen LogP contribution in [0.1, 0.15) is 20.8 Å². The Bertz CT molecular complexity index is 983. The van der Waals surface area contributed by atoms with Gasteiger partial charge in [0.2, 0.25) is 0 Å². The van der Waals surface area contributed by atoms with E-state index in [1.807, 2.05) is 30.3 Å². The van der Waals surface area contributed by atoms with Gasteiger partial charge in [0.1, 0.15) is 16.9 Å². The van der Waals surface area contributed by atoms with Gasteiger partial charge >= 0.3 is 0 Å². The Balaban J connectivity index is 1.80. The number of amides is 1. The van der Waals surface area contributed by atoms with Crippen LogP contribution in [0.2, 0.25) is 4.34 Å². The molecule has 0 aliphatic carbocycles. The molecule has 26 heavy (non-hydrogen) atoms. The van der Waals surface area contributed by atoms with Gasteiger partial charge < -0.3 is 11.1 Å². The van der Waals surface area contributed by atoms with Gasteiger partial charge in [0.15, 0.2) is 0 Å². The van der Waals surface area contributed by atoms with E-state index >= 15 is 0 Å². The zero-order chi connectivity index (χ0) is 18.5. The molecule has 0 spiro atoms. The quantitative estimate of drug-likeness (QED) is 0.600. The number of nitrogens with zero attached hydrogens (tertiary/aromatic N) is 2. The molecule has 0 atom stereocenters. The highest BCUT2D eigenvalue weighted by molar-refractivity contribution is 7.98. The van der Waals surface area contributed by atoms with Crippen LogP contribution in [0.25, 0.3) is 0 Å². The lowest BCUT2D eigenvalue weighted by Crippen LogP contribution is -2.15. The summed E-state index contributed by atoms with van der Waals surface area (Å²) in [6, 6.07) is 16.3. The number of benzene rings is 1. The van der Waals surface area contributed by atoms with Crippen molar-refractivity contribution in [1.29, 1.82) is 5.26 Å². The topological polar surface area (TPSA) is 91.8 Å². The number of halogens is 1. The third kappa shape index (κ3) is 4.35. The predicted molar refractivity (Wildman–Crippen MR) is 107 cm³/mol. The molecule has 0 unspecified atom stereocenters. The van der Waals surface area contributed by atoms with Crippen LogP contribution in [0.5, 0.6) is 0 Å². The fourth-order valence-corrected chi connectivity index (χ4v) is 4.26. The number of hydrogen-bond acceptors (Lipinski definition) is 6. The summed E-state index contributed by atoms with van der Waals surface area (Å²) in [5.41, 5.74) is 7.09. The van der Waals surface area contributed by atoms with Crippen LogP contribution in [0.4, 0.5) is 11.5 Å². The van der Waals surface area contributed by atoms with Gasteiger partial charge in [0, 0.05) is 16.3 Å². The van der Waals surface area contributed by atoms with Gasteiger partial charge in [-0.05, 0) is 30.3 Å². The Labute approximate surface area is 163 Å². The van der Waals surface area contributed by atoms with Gasteiger partial charge in [-0.2, -0.15) is 5.26 Å². The maximum absolute atomic E-state index is 12.4. The molecule has 5 nitrogen and oxygen atoms in total. The predicted octanol–water partition coefficient (Wildman–Crippen LogP) is 4.79. The molecule has 130 valence electrons. The van der Waals surface area contributed by atoms with Gasteiger partial charge in [-0.3, -0.25) is 4.79 Å². The number of nitriles is 1. The number of carbonyl (C=O) groups is 1. The molecular formula is C18H13ClN4OS2. The molecule has 0 fully saturated rings. The van der Waals surface area contributed by atoms with Crippen molar-refractivity contribution in [2.45, 2.75) is 10.8 Å². The minimum absolute atomic E-state index is 0.0872. The van der Waals surface area contributed by atoms with E-state index in [0.717, 1.165) is 4.88 Å². The smallest absolute Gasteiger partial charge is 0.259 e. The molecule has 0 radical (unpaired) electrons. The fraction of sp³-hybridized carbons (Fsp3) is 0.0556. The Morgan fingerprint density at radius 1 is 1.31 bits per heavy atom. The van der Waals surface area contributed by atoms with Gasteiger partial charge in [-0.25, -0.2) is 4.98 Å². The lowest BCUT2D eigenvalue weighted by molar-refractivity contribution is 0.102. The van der Waals surface area contributed by atoms with E-state index in [4.69, 9.17) is 17.3 Å². The molecule has 3 aromatic rings. The lowest BCUT2D eigenvalue weighted by Gasteiger charge is -2.10. The second-order valence-corrected chi connectivity index (χ2v) is 7.96. The van der Waals surface area contributed by atoms with E-state index in [9.17, 15) is 10.1 Å². The average molecular weight is 401 g/mol. The van der Waals surface area contributed by atoms with Crippen molar-refractivity contribution in [3.05, 3.63) is 68.9 Å². The first-order chi connectivity index (χ1) is 12.6. The van der Waals surface area contributed by atoms with E-state index in [2.05, 4.69) is 16.4 Å². The van der Waals surface area contributed by atoms with E-state index in [1.54, 1.807) is 12.1 Å². The van der Waals surface area contributed by atoms with Crippen molar-refractivity contribution in [1.82, 2.24) is 4.98 Å². The lowest BCUT2D eigenvalue weighted by atomic mass is 10.2. The fourth-order valence-electron chi connectivity index (χ4n) is 2.17. The van der Waals surface area contributed by atoms with Crippen LogP contribution in [-0.2, 0) is 5.75 Å². The molecular weight excluding hydrogens is 388 g/mol. The number of anilines is 2. The van der Waals surface area contributed by atoms with Crippen molar-refractivity contribution in [3.8, 4) is 6.07 Å². The summed E-state index contributed by atoms with van der Waals surface area (Å²) in [5.74, 6) is 0.303. The molecule has 8 heteroatoms. The Hall–Kier alpha value is -2.53. The van der Waals surface area contributed by atoms with Crippen molar-refractivity contribution in [2.24, 2.45) is 0 Å². The standard InChI is InChI=1S/C18H13ClN4OS2/c19-15-7-6-13(26-15)10-25-18-11(9-20)8-14(16(21)23-18)17(24)22-12-4-2-1-3-5-12/h1-8H,10H2,(H2,21,23)(H,22,24). The highest BCUT2D eigenvalue weighted by atomic mass is 35.5. The second-order valence-electron chi connectivity index (χ2n) is 5.20. The molecule has 3 rings (SSSR count). The maximum atomic E-state index is 12.4. The number of carbonyl (C=O) groups excluding carboxylic acids is 1. The molecule has 0 saturated heterocycles. The van der Waals surface area contributed by atoms with Crippen molar-refractivity contribution < 1.29 is 4.79 Å². The van der Waals surface area contributed by atoms with Crippen LogP contribution in [0, 0.1) is 11.3 Å². The molecule has 3 N–H and O–H groups in total. The number of rotatable bonds is 5. The first-order valence-electron chi connectivity index (χ1n) is 7.51. The monoisotopic (exact) mass is 400 g/mol. The number of hydrogen-bond donors (Lipinski definition) is 2. The number of pyridine rings is 1. The Morgan fingerprint density at radius 3 is 2.73 bits per heavy atom. The minimum atomic E-state index is -0.403. The van der Waals surface area contributed by atoms with E-state index in [-0.39, 0.29) is 11.4 Å². The number of nitrogens with one attached hydrogen (secondary N) is 1. The molecule has 0 aliphatic heterocycles. The summed E-state index contributed by atoms with van der Waals surface area (Å²) in [6.07, 6.45) is 0. The zero-order valence-corrected chi connectivity index (χ0v) is 15.8. The van der Waals surface area contributed by atoms with Crippen LogP contribution in [0.15, 0.2) is 53.6 Å². The van der Waals surface area contributed by atoms with Gasteiger partial charge in [0.25, 0.3) is 5.91 Å². The molecule has 0 bridgehead atoms. The first-order valence-corrected chi connectivity index (χ1v) is 9.69. The summed E-state index contributed by atoms with van der Waals surface area (Å²) in [5, 5.41) is 12.6. The molecule has 1 amide bonds. The Kier molecular flexibility index (Phi) is 5.78. The van der Waals surface area contributed by atoms with Crippen molar-refractivity contribution >= 4 is 52.1 Å². The zero-order valence-electron chi connectivity index (χ0n) is 13.4. The highest BCUT2D eigenvalue weighted by Crippen LogP contribution is 2.31. The molecule has 0 aliphatic rings. The number of thiophene rings is 1. The summed E-state index contributed by atoms with van der Waals surface area (Å²) in [4.78, 5) is 17.8. The molecule has 2 aromatic heterocycles. The highest BCUT2D eigenvalue weighted by Gasteiger charge is 2.16. The number of nitrogens with two attached hydrogens (primary N) is 1. The molecule has 0 saturated carbocycles. The van der Waals surface area contributed by atoms with Crippen LogP contribution >= 0.6 is 34.7 Å². The average Bonchev–Trinajstić information content (AvgIpc) is 3.06. The Morgan fingerprint density at radius 2 is 2.08 bits per heavy atom. The van der Waals surface area contributed by atoms with Crippen LogP contribution in [-0.4, -0.2) is 10.9 Å². The van der Waals surface area contributed by atoms with Gasteiger partial charge in [-0.1, -0.05) is 41.6 Å². The first kappa shape index (κ1) is 18.3. The van der Waals surface area contributed by atoms with Crippen LogP contribution in [0.3, 0.4) is 0 Å². The number of aromatic nitrogens is 1. The molecule has 2 heterocycles. The second kappa shape index (κ2) is 8.23. The maximum Gasteiger partial charge on any atom is 0.259 e. The molecule has 1 aromatic carbocycles. The van der Waals surface area contributed by atoms with E-state index in [0.29, 0.717) is 26.4 Å². The third-order valence-corrected chi connectivity index (χ3v) is 5.85. The van der Waals surface area contributed by atoms with Gasteiger partial charge in [-0.15, -0.1) is 11.3 Å². The summed E-state index contributed by atoms with van der Waals surface area (Å²) in [6.45, 7) is 0. The van der Waals surface area contributed by atoms with Crippen LogP contribution < -0.4 is 11.1 Å². The third-order valence-electron chi connectivity index (χ3n) is 3.39. The summed E-state index contributed by atoms with van der Waals surface area (Å²) < 4.78 is 0.710. The SMILES string of the molecule is N#Cc1cc(C(=O)Nc2ccccc2)c(N)nc1SCc1ccc(Cl)s1. The number of para-hydroxylation sites is 1. The number of thioether (sulfide) groups is 1. The normalized spacial score (nSPS) is 10.3. The number of nitrogen functional groups attached to an aromatic ring is 1. The van der Waals surface area contributed by atoms with Crippen molar-refractivity contribution in [2.75, 3.05) is 11.1 Å². The van der Waals surface area contributed by atoms with E-state index < -0.39 is 5.91 Å². The van der Waals surface area contributed by atoms with E-state index in [1.165, 1.54) is 29.2 Å². The summed E-state index contributed by atoms with van der Waals surface area (Å²) >= 11 is 8.78. The van der Waals surface area contributed by atoms with Gasteiger partial charge in [0.05, 0.1) is 15.5 Å².